The summed E-state index contributed by atoms with van der Waals surface area (Å²) in [4.78, 5) is 3.50. The Morgan fingerprint density at radius 2 is 1.94 bits per heavy atom. The van der Waals surface area contributed by atoms with Crippen molar-refractivity contribution in [2.24, 2.45) is 4.99 Å². The van der Waals surface area contributed by atoms with Gasteiger partial charge in [-0.3, -0.25) is 0 Å². The minimum absolute atomic E-state index is 0.315. The van der Waals surface area contributed by atoms with Crippen LogP contribution in [0, 0.1) is 6.92 Å². The van der Waals surface area contributed by atoms with Gasteiger partial charge in [0, 0.05) is 6.20 Å². The molecule has 0 saturated carbocycles. The molecule has 2 rings (SSSR count). The molecule has 0 aliphatic carbocycles. The van der Waals surface area contributed by atoms with Crippen molar-refractivity contribution in [1.82, 2.24) is 9.78 Å². The Morgan fingerprint density at radius 3 is 2.56 bits per heavy atom. The van der Waals surface area contributed by atoms with Crippen LogP contribution in [0.1, 0.15) is 18.5 Å². The quantitative estimate of drug-likeness (QED) is 0.757. The molecular formula is C12H12F3N3. The van der Waals surface area contributed by atoms with Gasteiger partial charge in [0.1, 0.15) is 5.70 Å². The van der Waals surface area contributed by atoms with Gasteiger partial charge in [0.15, 0.2) is 0 Å². The predicted molar refractivity (Wildman–Crippen MR) is 63.1 cm³/mol. The number of aromatic nitrogens is 2. The maximum atomic E-state index is 12.6. The number of allylic oxidation sites excluding steroid dienone is 4. The molecule has 0 saturated heterocycles. The normalized spacial score (nSPS) is 24.4. The summed E-state index contributed by atoms with van der Waals surface area (Å²) in [5.74, 6) is 0. The smallest absolute Gasteiger partial charge is 0.250 e. The highest BCUT2D eigenvalue weighted by Crippen LogP contribution is 2.28. The van der Waals surface area contributed by atoms with E-state index in [9.17, 15) is 13.2 Å². The van der Waals surface area contributed by atoms with Crippen LogP contribution in [0.4, 0.5) is 13.2 Å². The van der Waals surface area contributed by atoms with Crippen molar-refractivity contribution in [2.75, 3.05) is 0 Å². The van der Waals surface area contributed by atoms with Crippen LogP contribution in [-0.2, 0) is 0 Å². The second kappa shape index (κ2) is 4.80. The Labute approximate surface area is 102 Å². The highest BCUT2D eigenvalue weighted by molar-refractivity contribution is 6.02. The Balaban J connectivity index is 2.28. The number of hydrogen-bond donors (Lipinski definition) is 0. The van der Waals surface area contributed by atoms with Crippen molar-refractivity contribution >= 4 is 11.9 Å². The van der Waals surface area contributed by atoms with Gasteiger partial charge in [0.2, 0.25) is 0 Å². The molecule has 96 valence electrons. The Bertz CT molecular complexity index is 521. The second-order valence-electron chi connectivity index (χ2n) is 3.95. The molecular weight excluding hydrogens is 243 g/mol. The first-order valence-electron chi connectivity index (χ1n) is 5.51. The summed E-state index contributed by atoms with van der Waals surface area (Å²) in [6.07, 6.45) is 2.27. The van der Waals surface area contributed by atoms with Crippen molar-refractivity contribution in [3.05, 3.63) is 35.8 Å². The molecule has 0 N–H and O–H groups in total. The molecule has 18 heavy (non-hydrogen) atoms. The average Bonchev–Trinajstić information content (AvgIpc) is 2.62. The predicted octanol–water partition coefficient (Wildman–Crippen LogP) is 3.34. The molecule has 0 amide bonds. The number of halogens is 3. The zero-order valence-corrected chi connectivity index (χ0v) is 9.78. The van der Waals surface area contributed by atoms with Crippen molar-refractivity contribution in [3.63, 3.8) is 0 Å². The van der Waals surface area contributed by atoms with E-state index in [2.05, 4.69) is 10.1 Å². The van der Waals surface area contributed by atoms with Crippen LogP contribution in [0.25, 0.3) is 5.70 Å². The maximum absolute atomic E-state index is 12.6. The van der Waals surface area contributed by atoms with Gasteiger partial charge >= 0.3 is 6.18 Å². The summed E-state index contributed by atoms with van der Waals surface area (Å²) >= 11 is 0. The molecule has 0 aromatic carbocycles. The standard InChI is InChI=1S/C12H12F3N3/c1-9-6-7-18(17-9)10-4-2-3-5-11(16-8-10)12(13,14)15/h4-8H,2-3H2,1H3/b10-4+,11-5+,16-8-. The van der Waals surface area contributed by atoms with Gasteiger partial charge in [-0.1, -0.05) is 12.2 Å². The van der Waals surface area contributed by atoms with Gasteiger partial charge in [-0.25, -0.2) is 9.67 Å². The van der Waals surface area contributed by atoms with E-state index in [1.54, 1.807) is 12.3 Å². The first-order valence-corrected chi connectivity index (χ1v) is 5.51. The molecule has 0 atom stereocenters. The van der Waals surface area contributed by atoms with Gasteiger partial charge in [-0.05, 0) is 25.8 Å². The first-order chi connectivity index (χ1) is 8.47. The molecule has 0 bridgehead atoms. The molecule has 6 heteroatoms. The molecule has 3 nitrogen and oxygen atoms in total. The fourth-order valence-corrected chi connectivity index (χ4v) is 1.59. The van der Waals surface area contributed by atoms with Gasteiger partial charge < -0.3 is 0 Å². The van der Waals surface area contributed by atoms with Crippen LogP contribution < -0.4 is 0 Å². The number of nitrogens with zero attached hydrogens (tertiary/aromatic N) is 3. The lowest BCUT2D eigenvalue weighted by molar-refractivity contribution is -0.0925. The van der Waals surface area contributed by atoms with E-state index < -0.39 is 11.9 Å². The number of aryl methyl sites for hydroxylation is 1. The second-order valence-corrected chi connectivity index (χ2v) is 3.95. The summed E-state index contributed by atoms with van der Waals surface area (Å²) < 4.78 is 39.2. The molecule has 0 spiro atoms. The van der Waals surface area contributed by atoms with Crippen molar-refractivity contribution in [2.45, 2.75) is 25.9 Å². The fraction of sp³-hybridized carbons (Fsp3) is 0.333. The third-order valence-electron chi connectivity index (χ3n) is 2.47. The van der Waals surface area contributed by atoms with Crippen LogP contribution in [0.15, 0.2) is 35.1 Å². The molecule has 1 aromatic heterocycles. The van der Waals surface area contributed by atoms with E-state index in [1.807, 2.05) is 13.0 Å². The maximum Gasteiger partial charge on any atom is 0.433 e. The van der Waals surface area contributed by atoms with Crippen LogP contribution in [0.3, 0.4) is 0 Å². The lowest BCUT2D eigenvalue weighted by atomic mass is 10.2. The summed E-state index contributed by atoms with van der Waals surface area (Å²) in [5.41, 5.74) is 0.507. The van der Waals surface area contributed by atoms with Crippen LogP contribution in [0.5, 0.6) is 0 Å². The number of alkyl halides is 3. The minimum atomic E-state index is -4.40. The van der Waals surface area contributed by atoms with Crippen molar-refractivity contribution in [3.8, 4) is 0 Å². The topological polar surface area (TPSA) is 30.2 Å². The third kappa shape index (κ3) is 2.88. The minimum Gasteiger partial charge on any atom is -0.250 e. The van der Waals surface area contributed by atoms with E-state index in [0.29, 0.717) is 18.5 Å². The molecule has 1 aromatic rings. The number of hydrogen-bond acceptors (Lipinski definition) is 2. The summed E-state index contributed by atoms with van der Waals surface area (Å²) in [6, 6.07) is 1.79. The van der Waals surface area contributed by atoms with Gasteiger partial charge in [-0.2, -0.15) is 18.3 Å². The highest BCUT2D eigenvalue weighted by atomic mass is 19.4. The Hall–Kier alpha value is -1.85. The summed E-state index contributed by atoms with van der Waals surface area (Å²) in [5, 5.41) is 4.15. The SMILES string of the molecule is Cc1ccn(C2=C/CC/C=C(C(F)(F)F)/N=C\2)n1. The van der Waals surface area contributed by atoms with Crippen molar-refractivity contribution < 1.29 is 13.2 Å². The molecule has 2 heterocycles. The van der Waals surface area contributed by atoms with Crippen LogP contribution in [0.2, 0.25) is 0 Å². The van der Waals surface area contributed by atoms with Gasteiger partial charge in [0.05, 0.1) is 17.6 Å². The van der Waals surface area contributed by atoms with Gasteiger partial charge in [0.25, 0.3) is 0 Å². The molecule has 1 aliphatic rings. The fourth-order valence-electron chi connectivity index (χ4n) is 1.59. The third-order valence-corrected chi connectivity index (χ3v) is 2.47. The molecule has 0 fully saturated rings. The first kappa shape index (κ1) is 12.6. The van der Waals surface area contributed by atoms with E-state index >= 15 is 0 Å². The number of rotatable bonds is 1. The molecule has 0 radical (unpaired) electrons. The lowest BCUT2D eigenvalue weighted by Crippen LogP contribution is -2.11. The highest BCUT2D eigenvalue weighted by Gasteiger charge is 2.33. The largest absolute Gasteiger partial charge is 0.433 e. The lowest BCUT2D eigenvalue weighted by Gasteiger charge is -2.10. The summed E-state index contributed by atoms with van der Waals surface area (Å²) in [7, 11) is 0. The van der Waals surface area contributed by atoms with Crippen LogP contribution in [-0.4, -0.2) is 22.2 Å². The van der Waals surface area contributed by atoms with E-state index in [4.69, 9.17) is 0 Å². The van der Waals surface area contributed by atoms with Gasteiger partial charge in [-0.15, -0.1) is 0 Å². The molecule has 1 aliphatic heterocycles. The number of aliphatic imine (C=N–C) groups is 1. The van der Waals surface area contributed by atoms with E-state index in [0.717, 1.165) is 11.8 Å². The summed E-state index contributed by atoms with van der Waals surface area (Å²) in [6.45, 7) is 1.82. The monoisotopic (exact) mass is 255 g/mol. The average molecular weight is 255 g/mol. The van der Waals surface area contributed by atoms with Crippen LogP contribution >= 0.6 is 0 Å². The van der Waals surface area contributed by atoms with Crippen molar-refractivity contribution in [1.29, 1.82) is 0 Å². The zero-order valence-electron chi connectivity index (χ0n) is 9.78. The Kier molecular flexibility index (Phi) is 3.36. The molecule has 0 unspecified atom stereocenters. The van der Waals surface area contributed by atoms with E-state index in [-0.39, 0.29) is 0 Å². The Morgan fingerprint density at radius 1 is 1.22 bits per heavy atom. The zero-order chi connectivity index (χ0) is 13.2. The van der Waals surface area contributed by atoms with E-state index in [1.165, 1.54) is 10.9 Å².